The molecule has 1 saturated heterocycles. The Kier molecular flexibility index (Phi) is 4.21. The largest absolute Gasteiger partial charge is 0.378 e. The Labute approximate surface area is 148 Å². The van der Waals surface area contributed by atoms with Gasteiger partial charge in [-0.15, -0.1) is 5.10 Å². The average Bonchev–Trinajstić information content (AvgIpc) is 3.09. The van der Waals surface area contributed by atoms with Gasteiger partial charge in [0.25, 0.3) is 5.56 Å². The number of morpholine rings is 1. The molecule has 1 aromatic carbocycles. The number of rotatable bonds is 3. The first-order valence-corrected chi connectivity index (χ1v) is 8.37. The number of aromatic nitrogens is 5. The third-order valence-corrected chi connectivity index (χ3v) is 4.35. The molecule has 0 unspecified atom stereocenters. The molecular weight excluding hydrogens is 336 g/mol. The van der Waals surface area contributed by atoms with E-state index in [-0.39, 0.29) is 23.5 Å². The lowest BCUT2D eigenvalue weighted by atomic mass is 10.2. The van der Waals surface area contributed by atoms with Gasteiger partial charge >= 0.3 is 0 Å². The topological polar surface area (TPSA) is 95.1 Å². The highest BCUT2D eigenvalue weighted by Gasteiger charge is 2.19. The number of ether oxygens (including phenoxy) is 1. The first-order valence-electron chi connectivity index (χ1n) is 8.37. The third kappa shape index (κ3) is 2.97. The molecule has 9 heteroatoms. The van der Waals surface area contributed by atoms with Crippen LogP contribution < -0.4 is 5.56 Å². The van der Waals surface area contributed by atoms with Gasteiger partial charge in [0.05, 0.1) is 18.9 Å². The smallest absolute Gasteiger partial charge is 0.284 e. The van der Waals surface area contributed by atoms with Gasteiger partial charge in [0, 0.05) is 13.1 Å². The second-order valence-corrected chi connectivity index (χ2v) is 6.18. The Hall–Kier alpha value is -3.07. The molecule has 4 rings (SSSR count). The summed E-state index contributed by atoms with van der Waals surface area (Å²) in [6.07, 6.45) is 1.37. The van der Waals surface area contributed by atoms with Crippen molar-refractivity contribution in [3.05, 3.63) is 46.5 Å². The number of benzene rings is 1. The predicted molar refractivity (Wildman–Crippen MR) is 93.1 cm³/mol. The summed E-state index contributed by atoms with van der Waals surface area (Å²) in [5.41, 5.74) is 1.98. The summed E-state index contributed by atoms with van der Waals surface area (Å²) in [6, 6.07) is 7.68. The zero-order valence-corrected chi connectivity index (χ0v) is 14.3. The van der Waals surface area contributed by atoms with Gasteiger partial charge in [-0.2, -0.15) is 4.68 Å². The van der Waals surface area contributed by atoms with E-state index in [1.54, 1.807) is 4.90 Å². The van der Waals surface area contributed by atoms with E-state index in [0.29, 0.717) is 32.0 Å². The molecule has 0 atom stereocenters. The Morgan fingerprint density at radius 3 is 2.85 bits per heavy atom. The van der Waals surface area contributed by atoms with Gasteiger partial charge in [-0.05, 0) is 24.6 Å². The fourth-order valence-corrected chi connectivity index (χ4v) is 2.95. The fraction of sp³-hybridized carbons (Fsp3) is 0.353. The van der Waals surface area contributed by atoms with E-state index in [4.69, 9.17) is 4.74 Å². The number of hydrogen-bond acceptors (Lipinski definition) is 6. The van der Waals surface area contributed by atoms with Crippen LogP contribution in [0, 0.1) is 6.92 Å². The molecule has 1 amide bonds. The molecule has 1 aliphatic rings. The first-order chi connectivity index (χ1) is 12.6. The number of nitrogens with zero attached hydrogens (tertiary/aromatic N) is 6. The number of amides is 1. The van der Waals surface area contributed by atoms with Crippen LogP contribution in [0.2, 0.25) is 0 Å². The Morgan fingerprint density at radius 2 is 2.08 bits per heavy atom. The molecule has 2 aromatic heterocycles. The van der Waals surface area contributed by atoms with E-state index in [1.807, 2.05) is 31.2 Å². The maximum Gasteiger partial charge on any atom is 0.284 e. The minimum absolute atomic E-state index is 0.0704. The van der Waals surface area contributed by atoms with E-state index in [9.17, 15) is 9.59 Å². The van der Waals surface area contributed by atoms with Crippen LogP contribution in [0.25, 0.3) is 16.9 Å². The summed E-state index contributed by atoms with van der Waals surface area (Å²) in [5.74, 6) is -0.136. The van der Waals surface area contributed by atoms with Gasteiger partial charge in [0.2, 0.25) is 5.91 Å². The lowest BCUT2D eigenvalue weighted by Crippen LogP contribution is -2.43. The van der Waals surface area contributed by atoms with Crippen molar-refractivity contribution in [2.24, 2.45) is 0 Å². The van der Waals surface area contributed by atoms with Crippen LogP contribution in [0.15, 0.2) is 35.4 Å². The Balaban J connectivity index is 1.66. The van der Waals surface area contributed by atoms with Crippen molar-refractivity contribution < 1.29 is 9.53 Å². The Morgan fingerprint density at radius 1 is 1.27 bits per heavy atom. The number of carbonyl (C=O) groups excluding carboxylic acids is 1. The highest BCUT2D eigenvalue weighted by Crippen LogP contribution is 2.13. The number of hydrogen-bond donors (Lipinski definition) is 0. The number of fused-ring (bicyclic) bond motifs is 1. The van der Waals surface area contributed by atoms with Gasteiger partial charge in [0.15, 0.2) is 11.2 Å². The third-order valence-electron chi connectivity index (χ3n) is 4.35. The van der Waals surface area contributed by atoms with Gasteiger partial charge in [-0.1, -0.05) is 17.3 Å². The molecule has 0 bridgehead atoms. The highest BCUT2D eigenvalue weighted by molar-refractivity contribution is 5.77. The van der Waals surface area contributed by atoms with Crippen molar-refractivity contribution in [1.82, 2.24) is 29.4 Å². The average molecular weight is 354 g/mol. The van der Waals surface area contributed by atoms with E-state index in [0.717, 1.165) is 11.3 Å². The standard InChI is InChI=1S/C17H18N6O3/c1-12-3-2-4-13(9-12)23-16-15(19-20-23)17(25)22(11-18-16)10-14(24)21-5-7-26-8-6-21/h2-4,9,11H,5-8,10H2,1H3. The SMILES string of the molecule is Cc1cccc(-n2nnc3c(=O)n(CC(=O)N4CCOCC4)cnc32)c1. The summed E-state index contributed by atoms with van der Waals surface area (Å²) < 4.78 is 8.04. The first kappa shape index (κ1) is 16.4. The van der Waals surface area contributed by atoms with E-state index >= 15 is 0 Å². The van der Waals surface area contributed by atoms with Gasteiger partial charge in [-0.3, -0.25) is 14.2 Å². The minimum atomic E-state index is -0.379. The summed E-state index contributed by atoms with van der Waals surface area (Å²) in [6.45, 7) is 4.00. The lowest BCUT2D eigenvalue weighted by molar-refractivity contribution is -0.135. The second kappa shape index (κ2) is 6.68. The maximum atomic E-state index is 12.7. The molecule has 1 fully saturated rings. The van der Waals surface area contributed by atoms with Crippen LogP contribution in [0.1, 0.15) is 5.56 Å². The molecule has 26 heavy (non-hydrogen) atoms. The van der Waals surface area contributed by atoms with Crippen LogP contribution in [0.3, 0.4) is 0 Å². The molecule has 0 saturated carbocycles. The molecule has 134 valence electrons. The summed E-state index contributed by atoms with van der Waals surface area (Å²) in [5, 5.41) is 8.03. The molecule has 9 nitrogen and oxygen atoms in total. The van der Waals surface area contributed by atoms with Crippen LogP contribution in [0.4, 0.5) is 0 Å². The second-order valence-electron chi connectivity index (χ2n) is 6.18. The van der Waals surface area contributed by atoms with Crippen molar-refractivity contribution >= 4 is 17.1 Å². The number of carbonyl (C=O) groups is 1. The van der Waals surface area contributed by atoms with Crippen molar-refractivity contribution in [3.63, 3.8) is 0 Å². The molecule has 0 spiro atoms. The lowest BCUT2D eigenvalue weighted by Gasteiger charge is -2.26. The van der Waals surface area contributed by atoms with E-state index < -0.39 is 0 Å². The van der Waals surface area contributed by atoms with Crippen LogP contribution >= 0.6 is 0 Å². The summed E-state index contributed by atoms with van der Waals surface area (Å²) in [7, 11) is 0. The van der Waals surface area contributed by atoms with Crippen LogP contribution in [-0.4, -0.2) is 61.7 Å². The van der Waals surface area contributed by atoms with Crippen molar-refractivity contribution in [2.45, 2.75) is 13.5 Å². The van der Waals surface area contributed by atoms with Crippen LogP contribution in [0.5, 0.6) is 0 Å². The monoisotopic (exact) mass is 354 g/mol. The minimum Gasteiger partial charge on any atom is -0.378 e. The van der Waals surface area contributed by atoms with Gasteiger partial charge in [0.1, 0.15) is 12.9 Å². The summed E-state index contributed by atoms with van der Waals surface area (Å²) >= 11 is 0. The molecule has 0 radical (unpaired) electrons. The molecule has 3 aromatic rings. The molecule has 3 heterocycles. The zero-order valence-electron chi connectivity index (χ0n) is 14.3. The normalized spacial score (nSPS) is 14.7. The van der Waals surface area contributed by atoms with Gasteiger partial charge in [-0.25, -0.2) is 4.98 Å². The maximum absolute atomic E-state index is 12.7. The summed E-state index contributed by atoms with van der Waals surface area (Å²) in [4.78, 5) is 31.0. The van der Waals surface area contributed by atoms with E-state index in [1.165, 1.54) is 15.6 Å². The molecule has 0 aliphatic carbocycles. The highest BCUT2D eigenvalue weighted by atomic mass is 16.5. The van der Waals surface area contributed by atoms with Crippen molar-refractivity contribution in [3.8, 4) is 5.69 Å². The molecule has 0 N–H and O–H groups in total. The Bertz CT molecular complexity index is 1020. The van der Waals surface area contributed by atoms with Crippen molar-refractivity contribution in [2.75, 3.05) is 26.3 Å². The predicted octanol–water partition coefficient (Wildman–Crippen LogP) is 0.144. The fourth-order valence-electron chi connectivity index (χ4n) is 2.95. The van der Waals surface area contributed by atoms with Gasteiger partial charge < -0.3 is 9.64 Å². The zero-order chi connectivity index (χ0) is 18.1. The number of aryl methyl sites for hydroxylation is 1. The van der Waals surface area contributed by atoms with Crippen molar-refractivity contribution in [1.29, 1.82) is 0 Å². The van der Waals surface area contributed by atoms with E-state index in [2.05, 4.69) is 15.3 Å². The molecule has 1 aliphatic heterocycles. The molecular formula is C17H18N6O3. The quantitative estimate of drug-likeness (QED) is 0.664. The van der Waals surface area contributed by atoms with Crippen LogP contribution in [-0.2, 0) is 16.1 Å².